The molecule has 3 nitrogen and oxygen atoms in total. The molecule has 0 bridgehead atoms. The van der Waals surface area contributed by atoms with Crippen LogP contribution >= 0.6 is 0 Å². The number of nitriles is 1. The second kappa shape index (κ2) is 4.27. The van der Waals surface area contributed by atoms with Crippen LogP contribution in [0, 0.1) is 11.5 Å². The van der Waals surface area contributed by atoms with Gasteiger partial charge in [-0.3, -0.25) is 4.79 Å². The fraction of sp³-hybridized carbons (Fsp3) is 0.200. The molecule has 0 spiro atoms. The van der Waals surface area contributed by atoms with Crippen LogP contribution in [0.1, 0.15) is 18.4 Å². The lowest BCUT2D eigenvalue weighted by Gasteiger charge is -2.06. The summed E-state index contributed by atoms with van der Waals surface area (Å²) in [5, 5.41) is 8.14. The Morgan fingerprint density at radius 1 is 1.46 bits per heavy atom. The summed E-state index contributed by atoms with van der Waals surface area (Å²) in [4.78, 5) is 11.1. The van der Waals surface area contributed by atoms with Crippen molar-refractivity contribution < 1.29 is 9.53 Å². The first-order valence-corrected chi connectivity index (χ1v) is 3.90. The summed E-state index contributed by atoms with van der Waals surface area (Å²) >= 11 is 0. The van der Waals surface area contributed by atoms with Gasteiger partial charge in [0.25, 0.3) is 6.26 Å². The van der Waals surface area contributed by atoms with Crippen LogP contribution < -0.4 is 0 Å². The molecule has 0 N–H and O–H groups in total. The first-order chi connectivity index (χ1) is 6.25. The Morgan fingerprint density at radius 3 is 2.62 bits per heavy atom. The Bertz CT molecular complexity index is 327. The fourth-order valence-corrected chi connectivity index (χ4v) is 1.01. The van der Waals surface area contributed by atoms with Crippen molar-refractivity contribution in [2.45, 2.75) is 12.8 Å². The molecule has 0 aromatic heterocycles. The summed E-state index contributed by atoms with van der Waals surface area (Å²) in [7, 11) is 0. The number of ether oxygens (including phenoxy) is 1. The standard InChI is InChI=1S/C10H9NO2/c1-8(10(12)13-7-11)9-5-3-2-4-6-9/h2-6,8H,1H3. The molecule has 66 valence electrons. The molecule has 0 heterocycles. The molecule has 1 atom stereocenters. The summed E-state index contributed by atoms with van der Waals surface area (Å²) in [6, 6.07) is 9.19. The van der Waals surface area contributed by atoms with E-state index in [4.69, 9.17) is 5.26 Å². The van der Waals surface area contributed by atoms with E-state index in [1.165, 1.54) is 6.26 Å². The predicted molar refractivity (Wildman–Crippen MR) is 46.6 cm³/mol. The van der Waals surface area contributed by atoms with E-state index in [0.717, 1.165) is 5.56 Å². The maximum absolute atomic E-state index is 11.1. The first kappa shape index (κ1) is 9.27. The number of benzene rings is 1. The molecule has 1 unspecified atom stereocenters. The smallest absolute Gasteiger partial charge is 0.328 e. The van der Waals surface area contributed by atoms with Crippen LogP contribution in [0.2, 0.25) is 0 Å². The van der Waals surface area contributed by atoms with Gasteiger partial charge in [-0.05, 0) is 12.5 Å². The third kappa shape index (κ3) is 2.31. The van der Waals surface area contributed by atoms with E-state index in [9.17, 15) is 4.79 Å². The Morgan fingerprint density at radius 2 is 2.08 bits per heavy atom. The fourth-order valence-electron chi connectivity index (χ4n) is 1.01. The minimum atomic E-state index is -0.520. The molecule has 0 fully saturated rings. The second-order valence-corrected chi connectivity index (χ2v) is 2.64. The Kier molecular flexibility index (Phi) is 3.04. The van der Waals surface area contributed by atoms with Gasteiger partial charge in [-0.25, -0.2) is 0 Å². The predicted octanol–water partition coefficient (Wildman–Crippen LogP) is 1.81. The lowest BCUT2D eigenvalue weighted by molar-refractivity contribution is -0.138. The molecule has 1 aromatic rings. The van der Waals surface area contributed by atoms with Crippen LogP contribution in [0.15, 0.2) is 30.3 Å². The van der Waals surface area contributed by atoms with Crippen molar-refractivity contribution in [3.63, 3.8) is 0 Å². The Hall–Kier alpha value is -1.82. The van der Waals surface area contributed by atoms with Gasteiger partial charge in [0.2, 0.25) is 0 Å². The molecule has 0 saturated carbocycles. The van der Waals surface area contributed by atoms with Crippen molar-refractivity contribution in [3.8, 4) is 6.26 Å². The number of hydrogen-bond acceptors (Lipinski definition) is 3. The molecule has 0 saturated heterocycles. The Labute approximate surface area is 76.6 Å². The molecule has 1 aromatic carbocycles. The number of carbonyl (C=O) groups excluding carboxylic acids is 1. The van der Waals surface area contributed by atoms with Crippen LogP contribution in [-0.2, 0) is 9.53 Å². The van der Waals surface area contributed by atoms with E-state index in [1.54, 1.807) is 6.92 Å². The average Bonchev–Trinajstić information content (AvgIpc) is 2.18. The van der Waals surface area contributed by atoms with E-state index in [0.29, 0.717) is 0 Å². The Balaban J connectivity index is 2.75. The van der Waals surface area contributed by atoms with E-state index >= 15 is 0 Å². The van der Waals surface area contributed by atoms with Gasteiger partial charge in [0.15, 0.2) is 0 Å². The zero-order valence-corrected chi connectivity index (χ0v) is 7.23. The molecule has 0 radical (unpaired) electrons. The third-order valence-electron chi connectivity index (χ3n) is 1.80. The normalized spacial score (nSPS) is 11.4. The van der Waals surface area contributed by atoms with E-state index < -0.39 is 5.97 Å². The van der Waals surface area contributed by atoms with E-state index in [-0.39, 0.29) is 5.92 Å². The lowest BCUT2D eigenvalue weighted by Crippen LogP contribution is -2.10. The number of carbonyl (C=O) groups is 1. The zero-order valence-electron chi connectivity index (χ0n) is 7.23. The van der Waals surface area contributed by atoms with Crippen molar-refractivity contribution in [1.82, 2.24) is 0 Å². The number of nitrogens with zero attached hydrogens (tertiary/aromatic N) is 1. The van der Waals surface area contributed by atoms with Crippen LogP contribution in [0.25, 0.3) is 0 Å². The maximum atomic E-state index is 11.1. The number of esters is 1. The van der Waals surface area contributed by atoms with E-state index in [2.05, 4.69) is 4.74 Å². The van der Waals surface area contributed by atoms with Crippen molar-refractivity contribution in [2.75, 3.05) is 0 Å². The highest BCUT2D eigenvalue weighted by atomic mass is 16.5. The van der Waals surface area contributed by atoms with Crippen molar-refractivity contribution in [1.29, 1.82) is 5.26 Å². The van der Waals surface area contributed by atoms with Gasteiger partial charge in [-0.15, -0.1) is 5.26 Å². The molecular weight excluding hydrogens is 166 g/mol. The van der Waals surface area contributed by atoms with Gasteiger partial charge in [0.1, 0.15) is 0 Å². The van der Waals surface area contributed by atoms with Gasteiger partial charge in [0, 0.05) is 0 Å². The minimum Gasteiger partial charge on any atom is -0.351 e. The molecule has 0 aliphatic carbocycles. The average molecular weight is 175 g/mol. The third-order valence-corrected chi connectivity index (χ3v) is 1.80. The quantitative estimate of drug-likeness (QED) is 0.508. The lowest BCUT2D eigenvalue weighted by atomic mass is 10.0. The summed E-state index contributed by atoms with van der Waals surface area (Å²) in [5.41, 5.74) is 0.850. The van der Waals surface area contributed by atoms with Crippen LogP contribution in [0.4, 0.5) is 0 Å². The number of hydrogen-bond donors (Lipinski definition) is 0. The van der Waals surface area contributed by atoms with Crippen molar-refractivity contribution in [2.24, 2.45) is 0 Å². The van der Waals surface area contributed by atoms with Gasteiger partial charge in [-0.2, -0.15) is 0 Å². The van der Waals surface area contributed by atoms with Gasteiger partial charge >= 0.3 is 5.97 Å². The molecule has 13 heavy (non-hydrogen) atoms. The number of rotatable bonds is 2. The highest BCUT2D eigenvalue weighted by Gasteiger charge is 2.15. The van der Waals surface area contributed by atoms with E-state index in [1.807, 2.05) is 30.3 Å². The monoisotopic (exact) mass is 175 g/mol. The van der Waals surface area contributed by atoms with Crippen LogP contribution in [0.3, 0.4) is 0 Å². The van der Waals surface area contributed by atoms with Gasteiger partial charge in [-0.1, -0.05) is 30.3 Å². The van der Waals surface area contributed by atoms with Crippen LogP contribution in [0.5, 0.6) is 0 Å². The highest BCUT2D eigenvalue weighted by Crippen LogP contribution is 2.15. The summed E-state index contributed by atoms with van der Waals surface area (Å²) in [6.07, 6.45) is 1.37. The van der Waals surface area contributed by atoms with Gasteiger partial charge < -0.3 is 4.74 Å². The van der Waals surface area contributed by atoms with Crippen molar-refractivity contribution in [3.05, 3.63) is 35.9 Å². The van der Waals surface area contributed by atoms with Crippen LogP contribution in [-0.4, -0.2) is 5.97 Å². The SMILES string of the molecule is CC(C(=O)OC#N)c1ccccc1. The maximum Gasteiger partial charge on any atom is 0.328 e. The zero-order chi connectivity index (χ0) is 9.68. The molecule has 0 amide bonds. The summed E-state index contributed by atoms with van der Waals surface area (Å²) in [5.74, 6) is -0.908. The molecular formula is C10H9NO2. The molecule has 0 aliphatic heterocycles. The van der Waals surface area contributed by atoms with Crippen molar-refractivity contribution >= 4 is 5.97 Å². The molecule has 1 rings (SSSR count). The topological polar surface area (TPSA) is 50.1 Å². The largest absolute Gasteiger partial charge is 0.351 e. The highest BCUT2D eigenvalue weighted by molar-refractivity contribution is 5.78. The second-order valence-electron chi connectivity index (χ2n) is 2.64. The molecule has 0 aliphatic rings. The molecule has 3 heteroatoms. The van der Waals surface area contributed by atoms with Gasteiger partial charge in [0.05, 0.1) is 5.92 Å². The minimum absolute atomic E-state index is 0.388. The summed E-state index contributed by atoms with van der Waals surface area (Å²) < 4.78 is 4.22. The summed E-state index contributed by atoms with van der Waals surface area (Å²) in [6.45, 7) is 1.70. The first-order valence-electron chi connectivity index (χ1n) is 3.90.